The Balaban J connectivity index is 2.89. The van der Waals surface area contributed by atoms with Crippen LogP contribution in [0.5, 0.6) is 0 Å². The average molecular weight is 176 g/mol. The Labute approximate surface area is 77.4 Å². The molecule has 0 heterocycles. The van der Waals surface area contributed by atoms with Crippen molar-refractivity contribution in [2.75, 3.05) is 0 Å². The predicted octanol–water partition coefficient (Wildman–Crippen LogP) is 2.33. The van der Waals surface area contributed by atoms with Crippen molar-refractivity contribution in [3.63, 3.8) is 0 Å². The van der Waals surface area contributed by atoms with Crippen LogP contribution in [0, 0.1) is 17.7 Å². The van der Waals surface area contributed by atoms with Gasteiger partial charge in [0.25, 0.3) is 0 Å². The third-order valence-corrected chi connectivity index (χ3v) is 1.64. The molecule has 0 radical (unpaired) electrons. The summed E-state index contributed by atoms with van der Waals surface area (Å²) in [4.78, 5) is 0. The third kappa shape index (κ3) is 2.40. The van der Waals surface area contributed by atoms with Crippen molar-refractivity contribution in [1.82, 2.24) is 0 Å². The summed E-state index contributed by atoms with van der Waals surface area (Å²) >= 11 is 0. The fraction of sp³-hybridized carbons (Fsp3) is 0.200. The van der Waals surface area contributed by atoms with Crippen molar-refractivity contribution in [2.45, 2.75) is 13.8 Å². The summed E-state index contributed by atoms with van der Waals surface area (Å²) < 4.78 is 4.88. The van der Waals surface area contributed by atoms with Crippen LogP contribution in [-0.2, 0) is 4.74 Å². The zero-order chi connectivity index (χ0) is 9.84. The van der Waals surface area contributed by atoms with Gasteiger partial charge in [0.1, 0.15) is 0 Å². The molecule has 0 bridgehead atoms. The monoisotopic (exact) mass is 176 g/mol. The van der Waals surface area contributed by atoms with Crippen molar-refractivity contribution in [3.8, 4) is 0 Å². The largest absolute Gasteiger partial charge is 0.426 e. The summed E-state index contributed by atoms with van der Waals surface area (Å²) in [5, 5.41) is 14.6. The summed E-state index contributed by atoms with van der Waals surface area (Å²) in [7, 11) is 0. The Bertz CT molecular complexity index is 345. The van der Waals surface area contributed by atoms with E-state index in [1.807, 2.05) is 25.1 Å². The fourth-order valence-corrected chi connectivity index (χ4v) is 1.04. The Kier molecular flexibility index (Phi) is 2.80. The van der Waals surface area contributed by atoms with Crippen LogP contribution in [0.4, 0.5) is 0 Å². The SMILES string of the molecule is CC(=N)OC(=N)c1ccccc1C. The predicted molar refractivity (Wildman–Crippen MR) is 52.5 cm³/mol. The Morgan fingerprint density at radius 1 is 1.23 bits per heavy atom. The normalized spacial score (nSPS) is 9.38. The van der Waals surface area contributed by atoms with Crippen LogP contribution < -0.4 is 0 Å². The van der Waals surface area contributed by atoms with Gasteiger partial charge < -0.3 is 4.74 Å². The van der Waals surface area contributed by atoms with E-state index in [2.05, 4.69) is 0 Å². The number of nitrogens with one attached hydrogen (secondary N) is 2. The molecule has 0 aliphatic carbocycles. The van der Waals surface area contributed by atoms with Crippen LogP contribution >= 0.6 is 0 Å². The zero-order valence-electron chi connectivity index (χ0n) is 7.72. The first-order valence-corrected chi connectivity index (χ1v) is 3.99. The van der Waals surface area contributed by atoms with Gasteiger partial charge >= 0.3 is 0 Å². The molecule has 68 valence electrons. The minimum atomic E-state index is 0.0330. The molecule has 0 saturated carbocycles. The first-order chi connectivity index (χ1) is 6.11. The van der Waals surface area contributed by atoms with Crippen molar-refractivity contribution < 1.29 is 4.74 Å². The zero-order valence-corrected chi connectivity index (χ0v) is 7.72. The number of ether oxygens (including phenoxy) is 1. The quantitative estimate of drug-likeness (QED) is 0.500. The van der Waals surface area contributed by atoms with E-state index in [1.54, 1.807) is 6.07 Å². The number of hydrogen-bond donors (Lipinski definition) is 2. The molecular formula is C10H12N2O. The number of benzene rings is 1. The molecule has 0 aliphatic rings. The summed E-state index contributed by atoms with van der Waals surface area (Å²) in [5.74, 6) is 0.0684. The van der Waals surface area contributed by atoms with E-state index in [1.165, 1.54) is 6.92 Å². The van der Waals surface area contributed by atoms with Gasteiger partial charge in [-0.2, -0.15) is 0 Å². The van der Waals surface area contributed by atoms with Crippen LogP contribution in [-0.4, -0.2) is 11.8 Å². The van der Waals surface area contributed by atoms with Crippen LogP contribution in [0.2, 0.25) is 0 Å². The lowest BCUT2D eigenvalue weighted by Gasteiger charge is -2.06. The molecule has 0 spiro atoms. The van der Waals surface area contributed by atoms with Gasteiger partial charge in [-0.15, -0.1) is 0 Å². The molecule has 3 nitrogen and oxygen atoms in total. The maximum Gasteiger partial charge on any atom is 0.221 e. The Hall–Kier alpha value is -1.64. The number of hydrogen-bond acceptors (Lipinski definition) is 3. The summed E-state index contributed by atoms with van der Waals surface area (Å²) in [5.41, 5.74) is 1.71. The van der Waals surface area contributed by atoms with E-state index in [4.69, 9.17) is 15.6 Å². The van der Waals surface area contributed by atoms with Gasteiger partial charge in [0, 0.05) is 12.5 Å². The van der Waals surface area contributed by atoms with E-state index >= 15 is 0 Å². The highest BCUT2D eigenvalue weighted by atomic mass is 16.5. The van der Waals surface area contributed by atoms with E-state index in [0.717, 1.165) is 11.1 Å². The molecule has 0 unspecified atom stereocenters. The van der Waals surface area contributed by atoms with Crippen molar-refractivity contribution in [1.29, 1.82) is 10.8 Å². The molecule has 0 aromatic heterocycles. The average Bonchev–Trinajstić information content (AvgIpc) is 2.03. The van der Waals surface area contributed by atoms with Gasteiger partial charge in [-0.1, -0.05) is 18.2 Å². The standard InChI is InChI=1S/C10H12N2O/c1-7-5-3-4-6-9(7)10(12)13-8(2)11/h3-6,11-12H,1-2H3. The molecule has 0 amide bonds. The van der Waals surface area contributed by atoms with Gasteiger partial charge in [0.15, 0.2) is 5.90 Å². The molecular weight excluding hydrogens is 164 g/mol. The van der Waals surface area contributed by atoms with Gasteiger partial charge in [0.2, 0.25) is 5.90 Å². The van der Waals surface area contributed by atoms with E-state index < -0.39 is 0 Å². The third-order valence-electron chi connectivity index (χ3n) is 1.64. The van der Waals surface area contributed by atoms with Crippen LogP contribution in [0.15, 0.2) is 24.3 Å². The number of rotatable bonds is 1. The second-order valence-electron chi connectivity index (χ2n) is 2.80. The van der Waals surface area contributed by atoms with Crippen LogP contribution in [0.25, 0.3) is 0 Å². The molecule has 3 heteroatoms. The van der Waals surface area contributed by atoms with Crippen LogP contribution in [0.1, 0.15) is 18.1 Å². The molecule has 1 aromatic carbocycles. The summed E-state index contributed by atoms with van der Waals surface area (Å²) in [6.45, 7) is 3.42. The number of aryl methyl sites for hydroxylation is 1. The molecule has 0 fully saturated rings. The van der Waals surface area contributed by atoms with Crippen LogP contribution in [0.3, 0.4) is 0 Å². The maximum atomic E-state index is 7.54. The smallest absolute Gasteiger partial charge is 0.221 e. The first kappa shape index (κ1) is 9.45. The fourth-order valence-electron chi connectivity index (χ4n) is 1.04. The van der Waals surface area contributed by atoms with Crippen molar-refractivity contribution in [2.24, 2.45) is 0 Å². The summed E-state index contributed by atoms with van der Waals surface area (Å²) in [6, 6.07) is 7.47. The second-order valence-corrected chi connectivity index (χ2v) is 2.80. The Morgan fingerprint density at radius 3 is 2.38 bits per heavy atom. The highest BCUT2D eigenvalue weighted by Crippen LogP contribution is 2.08. The second kappa shape index (κ2) is 3.85. The van der Waals surface area contributed by atoms with E-state index in [9.17, 15) is 0 Å². The first-order valence-electron chi connectivity index (χ1n) is 3.99. The topological polar surface area (TPSA) is 56.9 Å². The molecule has 0 atom stereocenters. The van der Waals surface area contributed by atoms with E-state index in [-0.39, 0.29) is 11.8 Å². The summed E-state index contributed by atoms with van der Waals surface area (Å²) in [6.07, 6.45) is 0. The van der Waals surface area contributed by atoms with Gasteiger partial charge in [-0.25, -0.2) is 0 Å². The Morgan fingerprint density at radius 2 is 1.85 bits per heavy atom. The van der Waals surface area contributed by atoms with Crippen molar-refractivity contribution in [3.05, 3.63) is 35.4 Å². The molecule has 0 saturated heterocycles. The molecule has 0 aliphatic heterocycles. The molecule has 1 aromatic rings. The van der Waals surface area contributed by atoms with E-state index in [0.29, 0.717) is 0 Å². The van der Waals surface area contributed by atoms with Gasteiger partial charge in [-0.05, 0) is 18.6 Å². The van der Waals surface area contributed by atoms with Gasteiger partial charge in [0.05, 0.1) is 0 Å². The maximum absolute atomic E-state index is 7.54. The molecule has 1 rings (SSSR count). The van der Waals surface area contributed by atoms with Gasteiger partial charge in [-0.3, -0.25) is 10.8 Å². The molecule has 13 heavy (non-hydrogen) atoms. The minimum Gasteiger partial charge on any atom is -0.426 e. The lowest BCUT2D eigenvalue weighted by molar-refractivity contribution is 0.531. The lowest BCUT2D eigenvalue weighted by atomic mass is 10.1. The lowest BCUT2D eigenvalue weighted by Crippen LogP contribution is -2.09. The minimum absolute atomic E-state index is 0.0330. The van der Waals surface area contributed by atoms with Crippen molar-refractivity contribution >= 4 is 11.8 Å². The highest BCUT2D eigenvalue weighted by Gasteiger charge is 2.05. The molecule has 2 N–H and O–H groups in total. The highest BCUT2D eigenvalue weighted by molar-refractivity contribution is 5.99.